The van der Waals surface area contributed by atoms with Crippen LogP contribution in [0.4, 0.5) is 0 Å². The zero-order chi connectivity index (χ0) is 13.3. The van der Waals surface area contributed by atoms with Gasteiger partial charge in [0.1, 0.15) is 14.0 Å². The molecule has 0 radical (unpaired) electrons. The summed E-state index contributed by atoms with van der Waals surface area (Å²) in [4.78, 5) is 0. The summed E-state index contributed by atoms with van der Waals surface area (Å²) in [5.74, 6) is -0.223. The molecule has 0 aliphatic rings. The van der Waals surface area contributed by atoms with Crippen molar-refractivity contribution in [1.82, 2.24) is 4.72 Å². The van der Waals surface area contributed by atoms with Crippen molar-refractivity contribution in [2.75, 3.05) is 12.0 Å². The van der Waals surface area contributed by atoms with Crippen molar-refractivity contribution in [3.63, 3.8) is 0 Å². The minimum absolute atomic E-state index is 0.157. The smallest absolute Gasteiger partial charge is 0.229 e. The van der Waals surface area contributed by atoms with Gasteiger partial charge in [-0.25, -0.2) is 21.6 Å². The Hall–Kier alpha value is 0.0400. The number of hydrogen-bond acceptors (Lipinski definition) is 5. The molecule has 5 nitrogen and oxygen atoms in total. The first-order chi connectivity index (χ1) is 7.60. The summed E-state index contributed by atoms with van der Waals surface area (Å²) < 4.78 is 48.9. The summed E-state index contributed by atoms with van der Waals surface area (Å²) in [7, 11) is -6.84. The number of rotatable bonds is 5. The molecule has 17 heavy (non-hydrogen) atoms. The molecule has 0 spiro atoms. The van der Waals surface area contributed by atoms with E-state index in [1.807, 2.05) is 0 Å². The van der Waals surface area contributed by atoms with Gasteiger partial charge in [0.25, 0.3) is 0 Å². The third-order valence-electron chi connectivity index (χ3n) is 1.72. The van der Waals surface area contributed by atoms with Gasteiger partial charge in [0.2, 0.25) is 10.0 Å². The van der Waals surface area contributed by atoms with Crippen LogP contribution in [0, 0.1) is 0 Å². The van der Waals surface area contributed by atoms with Crippen LogP contribution in [0.1, 0.15) is 6.92 Å². The average molecular weight is 362 g/mol. The summed E-state index contributed by atoms with van der Waals surface area (Å²) in [5, 5.41) is 0. The molecular weight excluding hydrogens is 350 g/mol. The van der Waals surface area contributed by atoms with Crippen molar-refractivity contribution in [3.05, 3.63) is 15.9 Å². The van der Waals surface area contributed by atoms with Gasteiger partial charge in [-0.1, -0.05) is 0 Å². The van der Waals surface area contributed by atoms with E-state index in [1.165, 1.54) is 13.0 Å². The zero-order valence-electron chi connectivity index (χ0n) is 9.17. The molecule has 1 unspecified atom stereocenters. The first-order valence-electron chi connectivity index (χ1n) is 4.55. The fraction of sp³-hybridized carbons (Fsp3) is 0.500. The summed E-state index contributed by atoms with van der Waals surface area (Å²) in [6.07, 6.45) is 1.07. The number of sulfonamides is 1. The van der Waals surface area contributed by atoms with Gasteiger partial charge in [0, 0.05) is 12.3 Å². The van der Waals surface area contributed by atoms with Crippen molar-refractivity contribution in [2.45, 2.75) is 17.2 Å². The monoisotopic (exact) mass is 361 g/mol. The number of nitrogens with one attached hydrogen (secondary N) is 1. The lowest BCUT2D eigenvalue weighted by Gasteiger charge is -2.11. The van der Waals surface area contributed by atoms with Crippen LogP contribution in [0.15, 0.2) is 20.1 Å². The Morgan fingerprint density at radius 3 is 2.35 bits per heavy atom. The molecule has 0 saturated heterocycles. The van der Waals surface area contributed by atoms with Crippen LogP contribution in [-0.2, 0) is 19.9 Å². The highest BCUT2D eigenvalue weighted by molar-refractivity contribution is 9.11. The maximum atomic E-state index is 11.8. The third-order valence-corrected chi connectivity index (χ3v) is 6.53. The largest absolute Gasteiger partial charge is 0.250 e. The lowest BCUT2D eigenvalue weighted by atomic mass is 10.4. The standard InChI is InChI=1S/C8H12BrNO4S3/c1-6(5-16(2,11)12)10-17(13,14)8-4-3-7(9)15-8/h3-4,6,10H,5H2,1-2H3. The van der Waals surface area contributed by atoms with Gasteiger partial charge >= 0.3 is 0 Å². The van der Waals surface area contributed by atoms with Gasteiger partial charge in [0.15, 0.2) is 0 Å². The predicted molar refractivity (Wildman–Crippen MR) is 71.5 cm³/mol. The van der Waals surface area contributed by atoms with Crippen LogP contribution in [0.3, 0.4) is 0 Å². The summed E-state index contributed by atoms with van der Waals surface area (Å²) >= 11 is 4.24. The highest BCUT2D eigenvalue weighted by Gasteiger charge is 2.21. The van der Waals surface area contributed by atoms with E-state index in [4.69, 9.17) is 0 Å². The summed E-state index contributed by atoms with van der Waals surface area (Å²) in [6, 6.07) is 2.43. The fourth-order valence-corrected chi connectivity index (χ4v) is 5.62. The van der Waals surface area contributed by atoms with Gasteiger partial charge in [-0.2, -0.15) is 0 Å². The molecule has 0 aliphatic heterocycles. The highest BCUT2D eigenvalue weighted by atomic mass is 79.9. The zero-order valence-corrected chi connectivity index (χ0v) is 13.2. The second-order valence-corrected chi connectivity index (χ2v) is 10.3. The maximum Gasteiger partial charge on any atom is 0.250 e. The summed E-state index contributed by atoms with van der Waals surface area (Å²) in [5.41, 5.74) is 0. The topological polar surface area (TPSA) is 80.3 Å². The SMILES string of the molecule is CC(CS(C)(=O)=O)NS(=O)(=O)c1ccc(Br)s1. The van der Waals surface area contributed by atoms with Gasteiger partial charge in [-0.3, -0.25) is 0 Å². The van der Waals surface area contributed by atoms with Crippen molar-refractivity contribution in [1.29, 1.82) is 0 Å². The Labute approximate surface area is 113 Å². The minimum Gasteiger partial charge on any atom is -0.229 e. The minimum atomic E-state index is -3.64. The lowest BCUT2D eigenvalue weighted by molar-refractivity contribution is 0.566. The van der Waals surface area contributed by atoms with E-state index in [0.717, 1.165) is 17.6 Å². The molecule has 0 aliphatic carbocycles. The second kappa shape index (κ2) is 5.35. The van der Waals surface area contributed by atoms with Gasteiger partial charge in [0.05, 0.1) is 9.54 Å². The Bertz CT molecular complexity index is 590. The van der Waals surface area contributed by atoms with Gasteiger partial charge in [-0.15, -0.1) is 11.3 Å². The van der Waals surface area contributed by atoms with Crippen molar-refractivity contribution in [3.8, 4) is 0 Å². The molecule has 0 amide bonds. The Morgan fingerprint density at radius 2 is 1.94 bits per heavy atom. The van der Waals surface area contributed by atoms with Crippen LogP contribution < -0.4 is 4.72 Å². The molecule has 1 atom stereocenters. The lowest BCUT2D eigenvalue weighted by Crippen LogP contribution is -2.36. The third kappa shape index (κ3) is 5.04. The molecule has 1 heterocycles. The van der Waals surface area contributed by atoms with E-state index in [9.17, 15) is 16.8 Å². The van der Waals surface area contributed by atoms with Gasteiger partial charge in [-0.05, 0) is 35.0 Å². The van der Waals surface area contributed by atoms with E-state index in [0.29, 0.717) is 3.79 Å². The molecule has 1 aromatic heterocycles. The number of halogens is 1. The Balaban J connectivity index is 2.81. The van der Waals surface area contributed by atoms with Crippen LogP contribution in [-0.4, -0.2) is 34.9 Å². The number of thiophene rings is 1. The van der Waals surface area contributed by atoms with E-state index in [-0.39, 0.29) is 9.96 Å². The summed E-state index contributed by atoms with van der Waals surface area (Å²) in [6.45, 7) is 1.52. The Morgan fingerprint density at radius 1 is 1.35 bits per heavy atom. The average Bonchev–Trinajstić information content (AvgIpc) is 2.46. The van der Waals surface area contributed by atoms with Crippen LogP contribution >= 0.6 is 27.3 Å². The fourth-order valence-electron chi connectivity index (χ4n) is 1.25. The van der Waals surface area contributed by atoms with Crippen LogP contribution in [0.25, 0.3) is 0 Å². The Kier molecular flexibility index (Phi) is 4.75. The van der Waals surface area contributed by atoms with E-state index < -0.39 is 25.9 Å². The molecule has 0 fully saturated rings. The highest BCUT2D eigenvalue weighted by Crippen LogP contribution is 2.25. The van der Waals surface area contributed by atoms with Crippen molar-refractivity contribution in [2.24, 2.45) is 0 Å². The van der Waals surface area contributed by atoms with Crippen molar-refractivity contribution < 1.29 is 16.8 Å². The molecule has 0 saturated carbocycles. The molecule has 9 heteroatoms. The maximum absolute atomic E-state index is 11.8. The van der Waals surface area contributed by atoms with Crippen LogP contribution in [0.2, 0.25) is 0 Å². The van der Waals surface area contributed by atoms with E-state index >= 15 is 0 Å². The first-order valence-corrected chi connectivity index (χ1v) is 9.71. The van der Waals surface area contributed by atoms with Crippen LogP contribution in [0.5, 0.6) is 0 Å². The molecule has 0 bridgehead atoms. The predicted octanol–water partition coefficient (Wildman–Crippen LogP) is 1.22. The normalized spacial score (nSPS) is 14.8. The molecule has 0 aromatic carbocycles. The molecule has 1 rings (SSSR count). The quantitative estimate of drug-likeness (QED) is 0.854. The van der Waals surface area contributed by atoms with Crippen molar-refractivity contribution >= 4 is 47.1 Å². The molecule has 1 N–H and O–H groups in total. The van der Waals surface area contributed by atoms with E-state index in [2.05, 4.69) is 20.7 Å². The number of sulfone groups is 1. The number of hydrogen-bond donors (Lipinski definition) is 1. The van der Waals surface area contributed by atoms with Gasteiger partial charge < -0.3 is 0 Å². The van der Waals surface area contributed by atoms with E-state index in [1.54, 1.807) is 6.07 Å². The second-order valence-electron chi connectivity index (χ2n) is 3.67. The molecular formula is C8H12BrNO4S3. The molecule has 1 aromatic rings. The molecule has 98 valence electrons. The first kappa shape index (κ1) is 15.1.